The molecule has 0 unspecified atom stereocenters. The summed E-state index contributed by atoms with van der Waals surface area (Å²) in [5.74, 6) is 0.752. The van der Waals surface area contributed by atoms with Crippen LogP contribution < -0.4 is 10.6 Å². The zero-order valence-corrected chi connectivity index (χ0v) is 34.0. The summed E-state index contributed by atoms with van der Waals surface area (Å²) in [6.07, 6.45) is 2.91. The Hall–Kier alpha value is -6.25. The van der Waals surface area contributed by atoms with Crippen LogP contribution in [0.1, 0.15) is 71.6 Å². The molecule has 4 amide bonds. The van der Waals surface area contributed by atoms with Gasteiger partial charge in [0.1, 0.15) is 29.2 Å². The van der Waals surface area contributed by atoms with Crippen LogP contribution in [0.2, 0.25) is 0 Å². The van der Waals surface area contributed by atoms with Crippen LogP contribution in [-0.2, 0) is 25.6 Å². The summed E-state index contributed by atoms with van der Waals surface area (Å²) < 4.78 is 9.55. The van der Waals surface area contributed by atoms with E-state index >= 15 is 0 Å². The van der Waals surface area contributed by atoms with Crippen LogP contribution in [0.3, 0.4) is 0 Å². The summed E-state index contributed by atoms with van der Waals surface area (Å²) in [7, 11) is 2.57. The van der Waals surface area contributed by atoms with Crippen LogP contribution in [0.15, 0.2) is 54.7 Å². The Morgan fingerprint density at radius 2 is 1.50 bits per heavy atom. The first-order chi connectivity index (χ1) is 27.9. The lowest BCUT2D eigenvalue weighted by Crippen LogP contribution is -2.51. The van der Waals surface area contributed by atoms with Crippen molar-refractivity contribution in [3.8, 4) is 11.1 Å². The molecule has 0 aliphatic carbocycles. The molecule has 1 fully saturated rings. The molecule has 1 aliphatic heterocycles. The van der Waals surface area contributed by atoms with Crippen LogP contribution in [-0.4, -0.2) is 98.1 Å². The van der Waals surface area contributed by atoms with Crippen molar-refractivity contribution in [3.63, 3.8) is 0 Å². The van der Waals surface area contributed by atoms with E-state index in [1.54, 1.807) is 9.80 Å². The number of methoxy groups -OCH3 is 2. The molecule has 304 valence electrons. The summed E-state index contributed by atoms with van der Waals surface area (Å²) in [6, 6.07) is 14.8. The molecule has 3 aromatic heterocycles. The van der Waals surface area contributed by atoms with Gasteiger partial charge in [0.25, 0.3) is 0 Å². The largest absolute Gasteiger partial charge is 0.453 e. The average Bonchev–Trinajstić information content (AvgIpc) is 3.99. The Labute approximate surface area is 336 Å². The fourth-order valence-corrected chi connectivity index (χ4v) is 7.92. The molecule has 4 heterocycles. The van der Waals surface area contributed by atoms with Crippen LogP contribution >= 0.6 is 0 Å². The van der Waals surface area contributed by atoms with E-state index in [0.29, 0.717) is 24.7 Å². The Morgan fingerprint density at radius 3 is 2.19 bits per heavy atom. The Kier molecular flexibility index (Phi) is 11.5. The van der Waals surface area contributed by atoms with E-state index in [1.165, 1.54) is 14.2 Å². The Balaban J connectivity index is 1.13. The number of fused-ring (bicyclic) bond motifs is 6. The third kappa shape index (κ3) is 7.85. The van der Waals surface area contributed by atoms with Gasteiger partial charge >= 0.3 is 12.2 Å². The molecule has 0 bridgehead atoms. The quantitative estimate of drug-likeness (QED) is 0.102. The molecular weight excluding hydrogens is 739 g/mol. The van der Waals surface area contributed by atoms with Crippen molar-refractivity contribution in [2.24, 2.45) is 11.8 Å². The number of carbonyl (C=O) groups is 4. The monoisotopic (exact) mass is 789 g/mol. The molecule has 15 heteroatoms. The molecule has 7 rings (SSSR count). The Morgan fingerprint density at radius 1 is 0.828 bits per heavy atom. The van der Waals surface area contributed by atoms with Gasteiger partial charge in [0.15, 0.2) is 0 Å². The zero-order chi connectivity index (χ0) is 41.2. The third-order valence-electron chi connectivity index (χ3n) is 11.0. The van der Waals surface area contributed by atoms with Crippen LogP contribution in [0, 0.1) is 11.8 Å². The van der Waals surface area contributed by atoms with Gasteiger partial charge in [0.05, 0.1) is 48.9 Å². The maximum absolute atomic E-state index is 13.7. The van der Waals surface area contributed by atoms with Crippen molar-refractivity contribution in [3.05, 3.63) is 66.4 Å². The second-order valence-corrected chi connectivity index (χ2v) is 15.6. The number of likely N-dealkylation sites (tertiary alicyclic amines) is 1. The van der Waals surface area contributed by atoms with Crippen molar-refractivity contribution < 1.29 is 28.7 Å². The van der Waals surface area contributed by atoms with Crippen molar-refractivity contribution >= 4 is 67.7 Å². The topological polar surface area (TPSA) is 188 Å². The highest BCUT2D eigenvalue weighted by molar-refractivity contribution is 6.06. The van der Waals surface area contributed by atoms with Gasteiger partial charge in [0, 0.05) is 35.6 Å². The summed E-state index contributed by atoms with van der Waals surface area (Å²) in [5.41, 5.74) is 5.96. The summed E-state index contributed by atoms with van der Waals surface area (Å²) >= 11 is 0. The van der Waals surface area contributed by atoms with Gasteiger partial charge < -0.3 is 39.9 Å². The smallest absolute Gasteiger partial charge is 0.407 e. The molecule has 15 nitrogen and oxygen atoms in total. The van der Waals surface area contributed by atoms with Crippen molar-refractivity contribution in [1.82, 2.24) is 45.4 Å². The number of pyridine rings is 1. The Bertz CT molecular complexity index is 2510. The number of rotatable bonds is 12. The lowest BCUT2D eigenvalue weighted by Gasteiger charge is -2.29. The lowest BCUT2D eigenvalue weighted by molar-refractivity contribution is -0.136. The second kappa shape index (κ2) is 16.7. The molecule has 3 aromatic carbocycles. The number of benzene rings is 3. The number of imidazole rings is 2. The first kappa shape index (κ1) is 40.0. The maximum atomic E-state index is 13.7. The van der Waals surface area contributed by atoms with E-state index in [0.717, 1.165) is 74.1 Å². The highest BCUT2D eigenvalue weighted by Crippen LogP contribution is 2.35. The minimum absolute atomic E-state index is 0.124. The first-order valence-electron chi connectivity index (χ1n) is 19.9. The third-order valence-corrected chi connectivity index (χ3v) is 11.0. The fraction of sp³-hybridized carbons (Fsp3) is 0.419. The van der Waals surface area contributed by atoms with Crippen LogP contribution in [0.25, 0.3) is 54.9 Å². The highest BCUT2D eigenvalue weighted by atomic mass is 16.5. The maximum Gasteiger partial charge on any atom is 0.407 e. The van der Waals surface area contributed by atoms with Gasteiger partial charge in [-0.1, -0.05) is 58.9 Å². The normalized spacial score (nSPS) is 15.4. The molecule has 1 saturated heterocycles. The number of hydrogen-bond donors (Lipinski definition) is 4. The SMILES string of the molecule is CCCN(Cc1nc2c(ccc3cc(-c4cnc5c(ccc6[nH]c([C@@H]7CCCN7C(=O)[C@@H](NC(=O)OC)C(C)C)nc65)c4)ccc32)[nH]1)C(=O)[C@@H](NC(=O)OC)C(C)C. The predicted octanol–water partition coefficient (Wildman–Crippen LogP) is 6.97. The molecule has 6 aromatic rings. The number of H-pyrrole nitrogens is 2. The number of amides is 4. The summed E-state index contributed by atoms with van der Waals surface area (Å²) in [6.45, 7) is 10.9. The van der Waals surface area contributed by atoms with Crippen LogP contribution in [0.5, 0.6) is 0 Å². The van der Waals surface area contributed by atoms with E-state index in [1.807, 2.05) is 59.0 Å². The van der Waals surface area contributed by atoms with Gasteiger partial charge in [0.2, 0.25) is 11.8 Å². The average molecular weight is 790 g/mol. The number of nitrogens with one attached hydrogen (secondary N) is 4. The number of ether oxygens (including phenoxy) is 2. The van der Waals surface area contributed by atoms with Crippen molar-refractivity contribution in [2.75, 3.05) is 27.3 Å². The standard InChI is InChI=1S/C43H51N9O6/c1-8-17-51(40(53)34(23(2)3)49-42(55)57-6)22-33-45-30-15-12-26-19-25(11-14-29(26)37(30)47-33)28-20-27-13-16-31-38(36(27)44-21-28)48-39(46-31)32-10-9-18-52(32)41(54)35(24(4)5)50-43(56)58-7/h11-16,19-21,23-24,32,34-35H,8-10,17-18,22H2,1-7H3,(H,45,47)(H,46,48)(H,49,55)(H,50,56)/t32-,34-,35-/m0/s1. The predicted molar refractivity (Wildman–Crippen MR) is 222 cm³/mol. The number of aromatic amines is 2. The molecule has 58 heavy (non-hydrogen) atoms. The number of hydrogen-bond acceptors (Lipinski definition) is 9. The molecular formula is C43H51N9O6. The van der Waals surface area contributed by atoms with Crippen molar-refractivity contribution in [1.29, 1.82) is 0 Å². The molecule has 3 atom stereocenters. The molecule has 1 aliphatic rings. The molecule has 0 saturated carbocycles. The fourth-order valence-electron chi connectivity index (χ4n) is 7.92. The second-order valence-electron chi connectivity index (χ2n) is 15.6. The van der Waals surface area contributed by atoms with E-state index in [9.17, 15) is 19.2 Å². The van der Waals surface area contributed by atoms with Gasteiger partial charge in [-0.15, -0.1) is 0 Å². The van der Waals surface area contributed by atoms with Gasteiger partial charge in [-0.3, -0.25) is 14.6 Å². The number of aromatic nitrogens is 5. The summed E-state index contributed by atoms with van der Waals surface area (Å²) in [4.78, 5) is 76.6. The highest BCUT2D eigenvalue weighted by Gasteiger charge is 2.38. The number of alkyl carbamates (subject to hydrolysis) is 2. The number of nitrogens with zero attached hydrogens (tertiary/aromatic N) is 5. The van der Waals surface area contributed by atoms with Crippen LogP contribution in [0.4, 0.5) is 9.59 Å². The van der Waals surface area contributed by atoms with E-state index in [4.69, 9.17) is 24.4 Å². The van der Waals surface area contributed by atoms with E-state index in [-0.39, 0.29) is 36.2 Å². The summed E-state index contributed by atoms with van der Waals surface area (Å²) in [5, 5.41) is 8.32. The van der Waals surface area contributed by atoms with E-state index in [2.05, 4.69) is 50.9 Å². The zero-order valence-electron chi connectivity index (χ0n) is 34.0. The van der Waals surface area contributed by atoms with E-state index < -0.39 is 24.3 Å². The van der Waals surface area contributed by atoms with Gasteiger partial charge in [-0.2, -0.15) is 0 Å². The van der Waals surface area contributed by atoms with Crippen molar-refractivity contribution in [2.45, 2.75) is 78.6 Å². The molecule has 4 N–H and O–H groups in total. The lowest BCUT2D eigenvalue weighted by atomic mass is 10.0. The van der Waals surface area contributed by atoms with Gasteiger partial charge in [-0.25, -0.2) is 19.6 Å². The molecule has 0 spiro atoms. The van der Waals surface area contributed by atoms with Gasteiger partial charge in [-0.05, 0) is 66.3 Å². The minimum Gasteiger partial charge on any atom is -0.453 e. The first-order valence-corrected chi connectivity index (χ1v) is 19.9. The molecule has 0 radical (unpaired) electrons. The number of carbonyl (C=O) groups excluding carboxylic acids is 4. The minimum atomic E-state index is -0.725.